The third-order valence-corrected chi connectivity index (χ3v) is 6.93. The summed E-state index contributed by atoms with van der Waals surface area (Å²) in [7, 11) is 0. The molecule has 3 rings (SSSR count). The van der Waals surface area contributed by atoms with Crippen molar-refractivity contribution < 1.29 is 24.2 Å². The molecule has 214 valence electrons. The van der Waals surface area contributed by atoms with E-state index in [1.54, 1.807) is 26.8 Å². The molecule has 0 aromatic heterocycles. The summed E-state index contributed by atoms with van der Waals surface area (Å²) in [6.07, 6.45) is 1.52. The molecular formula is C31H39N3O5S. The zero-order valence-electron chi connectivity index (χ0n) is 23.8. The Labute approximate surface area is 240 Å². The maximum Gasteiger partial charge on any atom is 0.408 e. The number of aliphatic hydroxyl groups excluding tert-OH is 1. The number of nitrogens with one attached hydrogen (secondary N) is 2. The molecule has 3 aromatic rings. The number of thioether (sulfide) groups is 1. The lowest BCUT2D eigenvalue weighted by molar-refractivity contribution is -0.141. The molecule has 0 radical (unpaired) electrons. The number of aryl methyl sites for hydroxylation is 1. The zero-order valence-corrected chi connectivity index (χ0v) is 24.6. The minimum Gasteiger partial charge on any atom is -0.444 e. The van der Waals surface area contributed by atoms with Crippen LogP contribution in [-0.2, 0) is 14.3 Å². The summed E-state index contributed by atoms with van der Waals surface area (Å²) in [6, 6.07) is 18.8. The minimum absolute atomic E-state index is 0.102. The Balaban J connectivity index is 1.99. The van der Waals surface area contributed by atoms with Gasteiger partial charge in [0.05, 0.1) is 6.61 Å². The average molecular weight is 566 g/mol. The van der Waals surface area contributed by atoms with E-state index >= 15 is 0 Å². The van der Waals surface area contributed by atoms with Crippen molar-refractivity contribution in [2.24, 2.45) is 0 Å². The van der Waals surface area contributed by atoms with E-state index in [2.05, 4.69) is 10.6 Å². The van der Waals surface area contributed by atoms with Crippen molar-refractivity contribution in [3.05, 3.63) is 77.9 Å². The summed E-state index contributed by atoms with van der Waals surface area (Å²) in [6.45, 7) is 6.64. The number of carbonyl (C=O) groups is 3. The lowest BCUT2D eigenvalue weighted by Crippen LogP contribution is -2.53. The van der Waals surface area contributed by atoms with E-state index in [0.717, 1.165) is 16.3 Å². The molecule has 3 N–H and O–H groups in total. The molecule has 0 heterocycles. The standard InChI is InChI=1S/C31H39N3O5S/c1-21-10-6-9-13-25(21)27(28(36)32-24-15-14-22-11-7-8-12-23(22)20-24)34(17-18-35)29(37)26(16-19-40-5)33-30(38)39-31(2,3)4/h6-15,20,26-27,35H,16-19H2,1-5H3,(H,32,36)(H,33,38). The van der Waals surface area contributed by atoms with E-state index in [4.69, 9.17) is 4.74 Å². The molecule has 0 saturated carbocycles. The molecule has 0 spiro atoms. The monoisotopic (exact) mass is 565 g/mol. The number of benzene rings is 3. The quantitative estimate of drug-likeness (QED) is 0.291. The summed E-state index contributed by atoms with van der Waals surface area (Å²) in [5, 5.41) is 17.7. The van der Waals surface area contributed by atoms with E-state index < -0.39 is 35.6 Å². The summed E-state index contributed by atoms with van der Waals surface area (Å²) in [5.74, 6) is -0.305. The molecule has 0 aliphatic heterocycles. The number of nitrogens with zero attached hydrogens (tertiary/aromatic N) is 1. The normalized spacial score (nSPS) is 12.8. The van der Waals surface area contributed by atoms with Crippen molar-refractivity contribution in [1.82, 2.24) is 10.2 Å². The molecule has 0 fully saturated rings. The number of rotatable bonds is 11. The number of aliphatic hydroxyl groups is 1. The molecule has 3 aromatic carbocycles. The molecule has 9 heteroatoms. The second-order valence-electron chi connectivity index (χ2n) is 10.5. The number of alkyl carbamates (subject to hydrolysis) is 1. The Morgan fingerprint density at radius 1 is 1.00 bits per heavy atom. The van der Waals surface area contributed by atoms with Crippen LogP contribution >= 0.6 is 11.8 Å². The first-order valence-corrected chi connectivity index (χ1v) is 14.7. The van der Waals surface area contributed by atoms with Gasteiger partial charge < -0.3 is 25.4 Å². The second-order valence-corrected chi connectivity index (χ2v) is 11.5. The molecular weight excluding hydrogens is 526 g/mol. The summed E-state index contributed by atoms with van der Waals surface area (Å²) in [5.41, 5.74) is 1.29. The molecule has 0 bridgehead atoms. The maximum atomic E-state index is 14.1. The van der Waals surface area contributed by atoms with Crippen LogP contribution in [0.1, 0.15) is 44.4 Å². The fraction of sp³-hybridized carbons (Fsp3) is 0.387. The fourth-order valence-electron chi connectivity index (χ4n) is 4.44. The highest BCUT2D eigenvalue weighted by Crippen LogP contribution is 2.28. The van der Waals surface area contributed by atoms with E-state index in [1.807, 2.05) is 73.8 Å². The van der Waals surface area contributed by atoms with Gasteiger partial charge in [0.1, 0.15) is 17.7 Å². The van der Waals surface area contributed by atoms with Gasteiger partial charge in [0.15, 0.2) is 0 Å². The summed E-state index contributed by atoms with van der Waals surface area (Å²) in [4.78, 5) is 42.0. The van der Waals surface area contributed by atoms with E-state index in [-0.39, 0.29) is 13.2 Å². The van der Waals surface area contributed by atoms with Gasteiger partial charge in [-0.1, -0.05) is 54.6 Å². The molecule has 2 atom stereocenters. The number of anilines is 1. The molecule has 0 aliphatic rings. The van der Waals surface area contributed by atoms with Crippen molar-refractivity contribution in [2.45, 2.75) is 51.8 Å². The van der Waals surface area contributed by atoms with Gasteiger partial charge in [-0.3, -0.25) is 9.59 Å². The minimum atomic E-state index is -1.05. The van der Waals surface area contributed by atoms with E-state index in [9.17, 15) is 19.5 Å². The van der Waals surface area contributed by atoms with Crippen molar-refractivity contribution in [3.8, 4) is 0 Å². The maximum absolute atomic E-state index is 14.1. The first kappa shape index (κ1) is 31.0. The van der Waals surface area contributed by atoms with Gasteiger partial charge >= 0.3 is 6.09 Å². The van der Waals surface area contributed by atoms with Crippen LogP contribution in [0.25, 0.3) is 10.8 Å². The Morgan fingerprint density at radius 3 is 2.33 bits per heavy atom. The molecule has 2 unspecified atom stereocenters. The molecule has 0 saturated heterocycles. The van der Waals surface area contributed by atoms with Crippen LogP contribution in [0.5, 0.6) is 0 Å². The van der Waals surface area contributed by atoms with Crippen LogP contribution < -0.4 is 10.6 Å². The number of carbonyl (C=O) groups excluding carboxylic acids is 3. The van der Waals surface area contributed by atoms with Gasteiger partial charge in [-0.2, -0.15) is 11.8 Å². The molecule has 3 amide bonds. The average Bonchev–Trinajstić information content (AvgIpc) is 2.90. The smallest absolute Gasteiger partial charge is 0.408 e. The largest absolute Gasteiger partial charge is 0.444 e. The Kier molecular flexibility index (Phi) is 11.0. The number of ether oxygens (including phenoxy) is 1. The van der Waals surface area contributed by atoms with Crippen LogP contribution in [-0.4, -0.2) is 64.7 Å². The predicted molar refractivity (Wildman–Crippen MR) is 161 cm³/mol. The molecule has 40 heavy (non-hydrogen) atoms. The van der Waals surface area contributed by atoms with Crippen molar-refractivity contribution in [3.63, 3.8) is 0 Å². The second kappa shape index (κ2) is 14.2. The van der Waals surface area contributed by atoms with Gasteiger partial charge in [-0.05, 0) is 80.2 Å². The predicted octanol–water partition coefficient (Wildman–Crippen LogP) is 5.30. The highest BCUT2D eigenvalue weighted by atomic mass is 32.2. The van der Waals surface area contributed by atoms with Gasteiger partial charge in [-0.25, -0.2) is 4.79 Å². The molecule has 8 nitrogen and oxygen atoms in total. The van der Waals surface area contributed by atoms with Crippen LogP contribution in [0.15, 0.2) is 66.7 Å². The van der Waals surface area contributed by atoms with Crippen LogP contribution in [0.4, 0.5) is 10.5 Å². The number of hydrogen-bond donors (Lipinski definition) is 3. The van der Waals surface area contributed by atoms with Crippen LogP contribution in [0.3, 0.4) is 0 Å². The van der Waals surface area contributed by atoms with Gasteiger partial charge in [-0.15, -0.1) is 0 Å². The van der Waals surface area contributed by atoms with Gasteiger partial charge in [0.2, 0.25) is 5.91 Å². The van der Waals surface area contributed by atoms with Crippen molar-refractivity contribution in [1.29, 1.82) is 0 Å². The number of amides is 3. The van der Waals surface area contributed by atoms with Crippen molar-refractivity contribution >= 4 is 46.1 Å². The first-order chi connectivity index (χ1) is 19.0. The Bertz CT molecular complexity index is 1320. The van der Waals surface area contributed by atoms with Crippen molar-refractivity contribution in [2.75, 3.05) is 30.5 Å². The third-order valence-electron chi connectivity index (χ3n) is 6.28. The fourth-order valence-corrected chi connectivity index (χ4v) is 4.91. The highest BCUT2D eigenvalue weighted by molar-refractivity contribution is 7.98. The first-order valence-electron chi connectivity index (χ1n) is 13.3. The lowest BCUT2D eigenvalue weighted by Gasteiger charge is -2.34. The summed E-state index contributed by atoms with van der Waals surface area (Å²) >= 11 is 1.54. The Hall–Kier alpha value is -3.56. The lowest BCUT2D eigenvalue weighted by atomic mass is 9.97. The zero-order chi connectivity index (χ0) is 29.3. The topological polar surface area (TPSA) is 108 Å². The highest BCUT2D eigenvalue weighted by Gasteiger charge is 2.36. The molecule has 0 aliphatic carbocycles. The number of fused-ring (bicyclic) bond motifs is 1. The Morgan fingerprint density at radius 2 is 1.68 bits per heavy atom. The van der Waals surface area contributed by atoms with Gasteiger partial charge in [0.25, 0.3) is 5.91 Å². The van der Waals surface area contributed by atoms with Crippen LogP contribution in [0.2, 0.25) is 0 Å². The third kappa shape index (κ3) is 8.47. The van der Waals surface area contributed by atoms with E-state index in [1.165, 1.54) is 16.7 Å². The number of hydrogen-bond acceptors (Lipinski definition) is 6. The van der Waals surface area contributed by atoms with E-state index in [0.29, 0.717) is 23.4 Å². The van der Waals surface area contributed by atoms with Crippen LogP contribution in [0, 0.1) is 6.92 Å². The summed E-state index contributed by atoms with van der Waals surface area (Å²) < 4.78 is 5.41. The van der Waals surface area contributed by atoms with Gasteiger partial charge in [0, 0.05) is 12.2 Å². The SMILES string of the molecule is CSCCC(NC(=O)OC(C)(C)C)C(=O)N(CCO)C(C(=O)Nc1ccc2ccccc2c1)c1ccccc1C.